The standard InChI is InChI=1S/C9H15N5S/c1-6-7-3-4-14(9(15)11-10)5-8(7)13(2)12-6/h3-5,10H2,1-2H3,(H,11,15). The molecule has 2 rings (SSSR count). The van der Waals surface area contributed by atoms with Crippen molar-refractivity contribution in [3.05, 3.63) is 17.0 Å². The molecule has 1 aromatic heterocycles. The molecule has 0 saturated carbocycles. The summed E-state index contributed by atoms with van der Waals surface area (Å²) in [5.74, 6) is 5.31. The van der Waals surface area contributed by atoms with Crippen molar-refractivity contribution >= 4 is 17.3 Å². The Labute approximate surface area is 94.2 Å². The third-order valence-corrected chi connectivity index (χ3v) is 3.23. The third kappa shape index (κ3) is 1.70. The van der Waals surface area contributed by atoms with Crippen LogP contribution in [-0.2, 0) is 20.0 Å². The average Bonchev–Trinajstić information content (AvgIpc) is 2.53. The molecule has 1 aromatic rings. The Bertz CT molecular complexity index is 397. The lowest BCUT2D eigenvalue weighted by molar-refractivity contribution is 0.374. The van der Waals surface area contributed by atoms with Crippen LogP contribution < -0.4 is 11.3 Å². The zero-order valence-corrected chi connectivity index (χ0v) is 9.77. The van der Waals surface area contributed by atoms with E-state index in [0.29, 0.717) is 5.11 Å². The second kappa shape index (κ2) is 3.79. The van der Waals surface area contributed by atoms with E-state index in [9.17, 15) is 0 Å². The van der Waals surface area contributed by atoms with Crippen LogP contribution in [0.1, 0.15) is 17.0 Å². The first kappa shape index (κ1) is 10.4. The highest BCUT2D eigenvalue weighted by atomic mass is 32.1. The number of fused-ring (bicyclic) bond motifs is 1. The van der Waals surface area contributed by atoms with Gasteiger partial charge in [-0.25, -0.2) is 5.84 Å². The first-order valence-electron chi connectivity index (χ1n) is 4.90. The number of hydrogen-bond donors (Lipinski definition) is 2. The predicted octanol–water partition coefficient (Wildman–Crippen LogP) is -0.165. The molecule has 1 aliphatic rings. The lowest BCUT2D eigenvalue weighted by atomic mass is 10.1. The average molecular weight is 225 g/mol. The molecule has 0 aromatic carbocycles. The number of hydrogen-bond acceptors (Lipinski definition) is 3. The molecule has 1 aliphatic heterocycles. The van der Waals surface area contributed by atoms with Crippen molar-refractivity contribution in [1.82, 2.24) is 20.1 Å². The fourth-order valence-electron chi connectivity index (χ4n) is 2.04. The molecule has 0 unspecified atom stereocenters. The predicted molar refractivity (Wildman–Crippen MR) is 62.0 cm³/mol. The van der Waals surface area contributed by atoms with Gasteiger partial charge < -0.3 is 10.3 Å². The minimum Gasteiger partial charge on any atom is -0.342 e. The van der Waals surface area contributed by atoms with Crippen LogP contribution in [0.2, 0.25) is 0 Å². The Morgan fingerprint density at radius 1 is 1.60 bits per heavy atom. The van der Waals surface area contributed by atoms with Crippen molar-refractivity contribution in [3.8, 4) is 0 Å². The number of hydrazine groups is 1. The zero-order valence-electron chi connectivity index (χ0n) is 8.95. The minimum absolute atomic E-state index is 0.597. The summed E-state index contributed by atoms with van der Waals surface area (Å²) in [5, 5.41) is 5.00. The third-order valence-electron chi connectivity index (χ3n) is 2.86. The van der Waals surface area contributed by atoms with E-state index in [1.807, 2.05) is 18.7 Å². The Kier molecular flexibility index (Phi) is 2.62. The number of nitrogens with one attached hydrogen (secondary N) is 1. The van der Waals surface area contributed by atoms with Gasteiger partial charge in [0.25, 0.3) is 0 Å². The molecule has 82 valence electrons. The summed E-state index contributed by atoms with van der Waals surface area (Å²) in [4.78, 5) is 2.05. The smallest absolute Gasteiger partial charge is 0.183 e. The van der Waals surface area contributed by atoms with Crippen LogP contribution in [0, 0.1) is 6.92 Å². The Balaban J connectivity index is 2.26. The number of nitrogens with zero attached hydrogens (tertiary/aromatic N) is 3. The van der Waals surface area contributed by atoms with Crippen molar-refractivity contribution in [1.29, 1.82) is 0 Å². The highest BCUT2D eigenvalue weighted by molar-refractivity contribution is 7.80. The van der Waals surface area contributed by atoms with Gasteiger partial charge in [0.05, 0.1) is 17.9 Å². The monoisotopic (exact) mass is 225 g/mol. The Morgan fingerprint density at radius 3 is 3.00 bits per heavy atom. The van der Waals surface area contributed by atoms with Crippen LogP contribution in [-0.4, -0.2) is 26.3 Å². The minimum atomic E-state index is 0.597. The second-order valence-electron chi connectivity index (χ2n) is 3.76. The van der Waals surface area contributed by atoms with Gasteiger partial charge in [-0.15, -0.1) is 0 Å². The summed E-state index contributed by atoms with van der Waals surface area (Å²) in [6.07, 6.45) is 0.983. The summed E-state index contributed by atoms with van der Waals surface area (Å²) in [6.45, 7) is 3.74. The van der Waals surface area contributed by atoms with E-state index >= 15 is 0 Å². The molecule has 2 heterocycles. The highest BCUT2D eigenvalue weighted by Gasteiger charge is 2.22. The van der Waals surface area contributed by atoms with Crippen molar-refractivity contribution in [3.63, 3.8) is 0 Å². The van der Waals surface area contributed by atoms with Gasteiger partial charge in [-0.3, -0.25) is 4.68 Å². The molecule has 5 nitrogen and oxygen atoms in total. The van der Waals surface area contributed by atoms with Gasteiger partial charge in [0, 0.05) is 13.6 Å². The number of rotatable bonds is 0. The van der Waals surface area contributed by atoms with Gasteiger partial charge in [0.1, 0.15) is 0 Å². The van der Waals surface area contributed by atoms with E-state index in [0.717, 1.165) is 25.2 Å². The van der Waals surface area contributed by atoms with Crippen molar-refractivity contribution in [2.45, 2.75) is 19.9 Å². The molecule has 6 heteroatoms. The molecule has 0 radical (unpaired) electrons. The number of aromatic nitrogens is 2. The van der Waals surface area contributed by atoms with E-state index < -0.39 is 0 Å². The van der Waals surface area contributed by atoms with Crippen molar-refractivity contribution < 1.29 is 0 Å². The molecule has 0 atom stereocenters. The SMILES string of the molecule is Cc1nn(C)c2c1CCN(C(=S)NN)C2. The second-order valence-corrected chi connectivity index (χ2v) is 4.14. The van der Waals surface area contributed by atoms with Gasteiger partial charge in [-0.2, -0.15) is 5.10 Å². The maximum absolute atomic E-state index is 5.31. The number of aryl methyl sites for hydroxylation is 2. The van der Waals surface area contributed by atoms with E-state index in [1.54, 1.807) is 0 Å². The van der Waals surface area contributed by atoms with Crippen LogP contribution >= 0.6 is 12.2 Å². The summed E-state index contributed by atoms with van der Waals surface area (Å²) < 4.78 is 1.93. The maximum atomic E-state index is 5.31. The van der Waals surface area contributed by atoms with Crippen molar-refractivity contribution in [2.75, 3.05) is 6.54 Å². The van der Waals surface area contributed by atoms with Crippen LogP contribution in [0.3, 0.4) is 0 Å². The van der Waals surface area contributed by atoms with E-state index in [1.165, 1.54) is 11.3 Å². The van der Waals surface area contributed by atoms with Gasteiger partial charge in [0.2, 0.25) is 0 Å². The molecule has 0 saturated heterocycles. The lowest BCUT2D eigenvalue weighted by Crippen LogP contribution is -2.45. The molecule has 15 heavy (non-hydrogen) atoms. The first-order valence-corrected chi connectivity index (χ1v) is 5.31. The summed E-state index contributed by atoms with van der Waals surface area (Å²) >= 11 is 5.11. The number of nitrogens with two attached hydrogens (primary N) is 1. The summed E-state index contributed by atoms with van der Waals surface area (Å²) in [5.41, 5.74) is 6.23. The van der Waals surface area contributed by atoms with Gasteiger partial charge in [-0.05, 0) is 31.1 Å². The van der Waals surface area contributed by atoms with Crippen LogP contribution in [0.5, 0.6) is 0 Å². The summed E-state index contributed by atoms with van der Waals surface area (Å²) in [6, 6.07) is 0. The largest absolute Gasteiger partial charge is 0.342 e. The Morgan fingerprint density at radius 2 is 2.33 bits per heavy atom. The van der Waals surface area contributed by atoms with Crippen LogP contribution in [0.25, 0.3) is 0 Å². The fourth-order valence-corrected chi connectivity index (χ4v) is 2.20. The van der Waals surface area contributed by atoms with E-state index in [-0.39, 0.29) is 0 Å². The number of thiocarbonyl (C=S) groups is 1. The molecule has 0 spiro atoms. The Hall–Kier alpha value is -1.14. The molecular formula is C9H15N5S. The topological polar surface area (TPSA) is 59.1 Å². The lowest BCUT2D eigenvalue weighted by Gasteiger charge is -2.29. The van der Waals surface area contributed by atoms with Crippen LogP contribution in [0.4, 0.5) is 0 Å². The van der Waals surface area contributed by atoms with E-state index in [2.05, 4.69) is 15.4 Å². The maximum Gasteiger partial charge on any atom is 0.183 e. The quantitative estimate of drug-likeness (QED) is 0.365. The van der Waals surface area contributed by atoms with Crippen molar-refractivity contribution in [2.24, 2.45) is 12.9 Å². The molecule has 0 bridgehead atoms. The normalized spacial score (nSPS) is 15.0. The van der Waals surface area contributed by atoms with Gasteiger partial charge >= 0.3 is 0 Å². The molecular weight excluding hydrogens is 210 g/mol. The molecule has 0 aliphatic carbocycles. The van der Waals surface area contributed by atoms with Gasteiger partial charge in [0.15, 0.2) is 5.11 Å². The molecule has 0 amide bonds. The molecule has 0 fully saturated rings. The van der Waals surface area contributed by atoms with E-state index in [4.69, 9.17) is 18.1 Å². The highest BCUT2D eigenvalue weighted by Crippen LogP contribution is 2.21. The fraction of sp³-hybridized carbons (Fsp3) is 0.556. The molecule has 3 N–H and O–H groups in total. The van der Waals surface area contributed by atoms with Crippen LogP contribution in [0.15, 0.2) is 0 Å². The van der Waals surface area contributed by atoms with Gasteiger partial charge in [-0.1, -0.05) is 0 Å². The first-order chi connectivity index (χ1) is 7.13. The summed E-state index contributed by atoms with van der Waals surface area (Å²) in [7, 11) is 1.97. The zero-order chi connectivity index (χ0) is 11.0.